The molecule has 0 saturated carbocycles. The molecule has 20 heavy (non-hydrogen) atoms. The van der Waals surface area contributed by atoms with E-state index in [1.165, 1.54) is 16.4 Å². The third-order valence-corrected chi connectivity index (χ3v) is 4.74. The second-order valence-corrected chi connectivity index (χ2v) is 6.24. The maximum Gasteiger partial charge on any atom is 0.243 e. The van der Waals surface area contributed by atoms with Crippen LogP contribution in [0.2, 0.25) is 0 Å². The summed E-state index contributed by atoms with van der Waals surface area (Å²) >= 11 is 0. The van der Waals surface area contributed by atoms with Gasteiger partial charge >= 0.3 is 0 Å². The molecule has 1 heterocycles. The molecule has 0 spiro atoms. The number of hydrogen-bond acceptors (Lipinski definition) is 5. The van der Waals surface area contributed by atoms with E-state index in [1.807, 2.05) is 0 Å². The third kappa shape index (κ3) is 3.47. The molecule has 7 nitrogen and oxygen atoms in total. The van der Waals surface area contributed by atoms with Gasteiger partial charge in [0.2, 0.25) is 10.0 Å². The first kappa shape index (κ1) is 14.8. The van der Waals surface area contributed by atoms with E-state index in [0.717, 1.165) is 0 Å². The molecule has 2 rings (SSSR count). The van der Waals surface area contributed by atoms with Gasteiger partial charge in [0.1, 0.15) is 18.2 Å². The number of sulfonamides is 1. The zero-order valence-electron chi connectivity index (χ0n) is 10.9. The Morgan fingerprint density at radius 3 is 2.45 bits per heavy atom. The zero-order valence-corrected chi connectivity index (χ0v) is 11.7. The maximum atomic E-state index is 12.3. The minimum atomic E-state index is -3.48. The van der Waals surface area contributed by atoms with Gasteiger partial charge < -0.3 is 15.2 Å². The fourth-order valence-electron chi connectivity index (χ4n) is 1.80. The molecule has 0 aliphatic carbocycles. The standard InChI is InChI=1S/C12H17N3O4S/c13-12(14)9-19-10-1-3-11(4-2-10)20(16,17)15-5-7-18-8-6-15/h1-4H,5-9H2,(H3,13,14). The lowest BCUT2D eigenvalue weighted by Gasteiger charge is -2.26. The summed E-state index contributed by atoms with van der Waals surface area (Å²) in [7, 11) is -3.48. The molecule has 0 unspecified atom stereocenters. The van der Waals surface area contributed by atoms with Crippen LogP contribution in [0.1, 0.15) is 0 Å². The number of ether oxygens (including phenoxy) is 2. The fourth-order valence-corrected chi connectivity index (χ4v) is 3.21. The number of nitrogens with two attached hydrogens (primary N) is 1. The molecule has 1 aromatic rings. The van der Waals surface area contributed by atoms with Crippen LogP contribution in [0.15, 0.2) is 29.2 Å². The molecular weight excluding hydrogens is 282 g/mol. The number of amidine groups is 1. The molecule has 110 valence electrons. The number of benzene rings is 1. The van der Waals surface area contributed by atoms with Crippen molar-refractivity contribution in [3.63, 3.8) is 0 Å². The van der Waals surface area contributed by atoms with E-state index in [4.69, 9.17) is 20.6 Å². The molecule has 1 fully saturated rings. The van der Waals surface area contributed by atoms with Crippen LogP contribution in [0.3, 0.4) is 0 Å². The van der Waals surface area contributed by atoms with Crippen molar-refractivity contribution in [1.29, 1.82) is 5.41 Å². The van der Waals surface area contributed by atoms with Crippen LogP contribution in [0.25, 0.3) is 0 Å². The van der Waals surface area contributed by atoms with Crippen LogP contribution >= 0.6 is 0 Å². The minimum absolute atomic E-state index is 0.0183. The predicted molar refractivity (Wildman–Crippen MR) is 73.4 cm³/mol. The summed E-state index contributed by atoms with van der Waals surface area (Å²) in [6.45, 7) is 1.55. The highest BCUT2D eigenvalue weighted by Gasteiger charge is 2.26. The second kappa shape index (κ2) is 6.21. The number of nitrogens with zero attached hydrogens (tertiary/aromatic N) is 1. The number of hydrogen-bond donors (Lipinski definition) is 2. The van der Waals surface area contributed by atoms with E-state index in [1.54, 1.807) is 12.1 Å². The number of morpholine rings is 1. The SMILES string of the molecule is N=C(N)COc1ccc(S(=O)(=O)N2CCOCC2)cc1. The Kier molecular flexibility index (Phi) is 4.58. The van der Waals surface area contributed by atoms with Gasteiger partial charge in [-0.25, -0.2) is 8.42 Å². The molecule has 1 aliphatic heterocycles. The summed E-state index contributed by atoms with van der Waals surface area (Å²) in [5.41, 5.74) is 5.18. The van der Waals surface area contributed by atoms with E-state index < -0.39 is 10.0 Å². The van der Waals surface area contributed by atoms with Crippen molar-refractivity contribution in [1.82, 2.24) is 4.31 Å². The monoisotopic (exact) mass is 299 g/mol. The van der Waals surface area contributed by atoms with Crippen molar-refractivity contribution in [2.75, 3.05) is 32.9 Å². The van der Waals surface area contributed by atoms with Gasteiger partial charge in [-0.15, -0.1) is 0 Å². The van der Waals surface area contributed by atoms with Crippen molar-refractivity contribution in [3.8, 4) is 5.75 Å². The van der Waals surface area contributed by atoms with Crippen LogP contribution < -0.4 is 10.5 Å². The van der Waals surface area contributed by atoms with Gasteiger partial charge in [-0.2, -0.15) is 4.31 Å². The Bertz CT molecular complexity index is 565. The van der Waals surface area contributed by atoms with Gasteiger partial charge in [0.15, 0.2) is 0 Å². The van der Waals surface area contributed by atoms with Crippen LogP contribution in [-0.4, -0.2) is 51.5 Å². The average Bonchev–Trinajstić information content (AvgIpc) is 2.46. The normalized spacial score (nSPS) is 16.8. The van der Waals surface area contributed by atoms with Crippen molar-refractivity contribution >= 4 is 15.9 Å². The Morgan fingerprint density at radius 1 is 1.30 bits per heavy atom. The van der Waals surface area contributed by atoms with Gasteiger partial charge in [0.05, 0.1) is 18.1 Å². The molecular formula is C12H17N3O4S. The quantitative estimate of drug-likeness (QED) is 0.589. The molecule has 0 amide bonds. The van der Waals surface area contributed by atoms with Gasteiger partial charge in [0, 0.05) is 13.1 Å². The largest absolute Gasteiger partial charge is 0.486 e. The lowest BCUT2D eigenvalue weighted by Crippen LogP contribution is -2.40. The molecule has 0 bridgehead atoms. The summed E-state index contributed by atoms with van der Waals surface area (Å²) < 4.78 is 36.4. The van der Waals surface area contributed by atoms with Crippen LogP contribution in [0, 0.1) is 5.41 Å². The minimum Gasteiger partial charge on any atom is -0.486 e. The third-order valence-electron chi connectivity index (χ3n) is 2.83. The van der Waals surface area contributed by atoms with E-state index >= 15 is 0 Å². The maximum absolute atomic E-state index is 12.3. The smallest absolute Gasteiger partial charge is 0.243 e. The van der Waals surface area contributed by atoms with Gasteiger partial charge in [-0.1, -0.05) is 0 Å². The summed E-state index contributed by atoms with van der Waals surface area (Å²) in [6, 6.07) is 6.08. The first-order valence-electron chi connectivity index (χ1n) is 6.14. The first-order valence-corrected chi connectivity index (χ1v) is 7.58. The topological polar surface area (TPSA) is 106 Å². The summed E-state index contributed by atoms with van der Waals surface area (Å²) in [4.78, 5) is 0.217. The highest BCUT2D eigenvalue weighted by atomic mass is 32.2. The molecule has 1 aromatic carbocycles. The molecule has 1 saturated heterocycles. The first-order chi connectivity index (χ1) is 9.50. The Morgan fingerprint density at radius 2 is 1.90 bits per heavy atom. The van der Waals surface area contributed by atoms with Crippen molar-refractivity contribution in [2.24, 2.45) is 5.73 Å². The summed E-state index contributed by atoms with van der Waals surface area (Å²) in [5, 5.41) is 7.06. The Balaban J connectivity index is 2.10. The van der Waals surface area contributed by atoms with Crippen molar-refractivity contribution in [2.45, 2.75) is 4.90 Å². The Labute approximate surface area is 117 Å². The number of nitrogens with one attached hydrogen (secondary N) is 1. The molecule has 8 heteroatoms. The molecule has 0 radical (unpaired) electrons. The summed E-state index contributed by atoms with van der Waals surface area (Å²) in [5.74, 6) is 0.385. The molecule has 1 aliphatic rings. The second-order valence-electron chi connectivity index (χ2n) is 4.30. The van der Waals surface area contributed by atoms with Gasteiger partial charge in [0.25, 0.3) is 0 Å². The van der Waals surface area contributed by atoms with Crippen molar-refractivity contribution in [3.05, 3.63) is 24.3 Å². The predicted octanol–water partition coefficient (Wildman–Crippen LogP) is 0.0223. The van der Waals surface area contributed by atoms with Crippen LogP contribution in [0.5, 0.6) is 5.75 Å². The van der Waals surface area contributed by atoms with Gasteiger partial charge in [-0.05, 0) is 24.3 Å². The van der Waals surface area contributed by atoms with Crippen LogP contribution in [0.4, 0.5) is 0 Å². The lowest BCUT2D eigenvalue weighted by molar-refractivity contribution is 0.0730. The molecule has 0 atom stereocenters. The fraction of sp³-hybridized carbons (Fsp3) is 0.417. The van der Waals surface area contributed by atoms with E-state index in [0.29, 0.717) is 32.1 Å². The zero-order chi connectivity index (χ0) is 14.6. The van der Waals surface area contributed by atoms with Gasteiger partial charge in [-0.3, -0.25) is 5.41 Å². The van der Waals surface area contributed by atoms with E-state index in [-0.39, 0.29) is 17.3 Å². The molecule has 0 aromatic heterocycles. The van der Waals surface area contributed by atoms with E-state index in [2.05, 4.69) is 0 Å². The lowest BCUT2D eigenvalue weighted by atomic mass is 10.3. The van der Waals surface area contributed by atoms with E-state index in [9.17, 15) is 8.42 Å². The highest BCUT2D eigenvalue weighted by Crippen LogP contribution is 2.20. The van der Waals surface area contributed by atoms with Crippen molar-refractivity contribution < 1.29 is 17.9 Å². The number of rotatable bonds is 5. The highest BCUT2D eigenvalue weighted by molar-refractivity contribution is 7.89. The Hall–Kier alpha value is -1.64. The summed E-state index contributed by atoms with van der Waals surface area (Å²) in [6.07, 6.45) is 0. The molecule has 3 N–H and O–H groups in total. The van der Waals surface area contributed by atoms with Crippen LogP contribution in [-0.2, 0) is 14.8 Å². The average molecular weight is 299 g/mol.